The van der Waals surface area contributed by atoms with Crippen molar-refractivity contribution >= 4 is 47.9 Å². The molecule has 1 aromatic rings. The Morgan fingerprint density at radius 2 is 2.38 bits per heavy atom. The highest BCUT2D eigenvalue weighted by Gasteiger charge is 2.53. The highest BCUT2D eigenvalue weighted by atomic mass is 32.2. The molecule has 1 saturated heterocycles. The summed E-state index contributed by atoms with van der Waals surface area (Å²) >= 11 is 2.71. The van der Waals surface area contributed by atoms with Gasteiger partial charge in [0.1, 0.15) is 17.1 Å². The van der Waals surface area contributed by atoms with Crippen LogP contribution in [-0.2, 0) is 14.4 Å². The third-order valence-electron chi connectivity index (χ3n) is 3.54. The van der Waals surface area contributed by atoms with E-state index in [1.54, 1.807) is 17.8 Å². The van der Waals surface area contributed by atoms with Crippen LogP contribution < -0.4 is 5.32 Å². The van der Waals surface area contributed by atoms with E-state index in [1.165, 1.54) is 28.4 Å². The number of carbonyl (C=O) groups excluding carboxylic acids is 2. The Labute approximate surface area is 146 Å². The maximum absolute atomic E-state index is 12.1. The number of fused-ring (bicyclic) bond motifs is 1. The van der Waals surface area contributed by atoms with Crippen LogP contribution >= 0.6 is 23.5 Å². The molecule has 7 nitrogen and oxygen atoms in total. The predicted molar refractivity (Wildman–Crippen MR) is 91.6 cm³/mol. The number of aromatic nitrogens is 1. The molecule has 2 atom stereocenters. The molecule has 124 valence electrons. The van der Waals surface area contributed by atoms with Crippen LogP contribution in [0.1, 0.15) is 5.56 Å². The molecule has 9 heteroatoms. The lowest BCUT2D eigenvalue weighted by molar-refractivity contribution is -0.149. The standard InChI is InChI=1S/C15H13N3O4S2/c19-8-17-11-13(20)18-12(15(21)22)10(7-24-14(11)18)23-5-3-9-2-1-4-16-6-9/h1-6,8,11,14H,7H2,(H,17,19)(H,21,22)/t11?,14-/m0/s1. The van der Waals surface area contributed by atoms with E-state index in [4.69, 9.17) is 0 Å². The maximum Gasteiger partial charge on any atom is 0.353 e. The molecule has 3 heterocycles. The van der Waals surface area contributed by atoms with Crippen molar-refractivity contribution in [2.75, 3.05) is 5.75 Å². The van der Waals surface area contributed by atoms with Gasteiger partial charge in [-0.3, -0.25) is 19.5 Å². The normalized spacial score (nSPS) is 23.0. The Bertz CT molecular complexity index is 735. The van der Waals surface area contributed by atoms with Gasteiger partial charge in [0.05, 0.1) is 0 Å². The van der Waals surface area contributed by atoms with Gasteiger partial charge in [-0.25, -0.2) is 4.79 Å². The lowest BCUT2D eigenvalue weighted by atomic mass is 10.1. The molecule has 0 bridgehead atoms. The average Bonchev–Trinajstić information content (AvgIpc) is 2.59. The Morgan fingerprint density at radius 1 is 1.54 bits per heavy atom. The molecule has 0 aliphatic carbocycles. The predicted octanol–water partition coefficient (Wildman–Crippen LogP) is 1.11. The summed E-state index contributed by atoms with van der Waals surface area (Å²) in [6, 6.07) is 3.04. The van der Waals surface area contributed by atoms with Gasteiger partial charge >= 0.3 is 5.97 Å². The lowest BCUT2D eigenvalue weighted by Gasteiger charge is -2.48. The molecule has 1 aromatic heterocycles. The van der Waals surface area contributed by atoms with Gasteiger partial charge in [-0.15, -0.1) is 11.8 Å². The largest absolute Gasteiger partial charge is 0.477 e. The zero-order valence-electron chi connectivity index (χ0n) is 12.3. The first-order valence-corrected chi connectivity index (χ1v) is 8.90. The second-order valence-electron chi connectivity index (χ2n) is 4.96. The molecule has 1 unspecified atom stereocenters. The molecule has 24 heavy (non-hydrogen) atoms. The number of hydrogen-bond donors (Lipinski definition) is 2. The van der Waals surface area contributed by atoms with E-state index in [0.717, 1.165) is 5.56 Å². The van der Waals surface area contributed by atoms with Gasteiger partial charge in [0.25, 0.3) is 5.91 Å². The zero-order chi connectivity index (χ0) is 17.1. The molecular weight excluding hydrogens is 350 g/mol. The summed E-state index contributed by atoms with van der Waals surface area (Å²) in [7, 11) is 0. The number of β-lactam (4-membered cyclic amide) rings is 1. The van der Waals surface area contributed by atoms with Crippen LogP contribution in [0.4, 0.5) is 0 Å². The highest BCUT2D eigenvalue weighted by molar-refractivity contribution is 8.08. The van der Waals surface area contributed by atoms with Crippen molar-refractivity contribution in [1.82, 2.24) is 15.2 Å². The number of thioether (sulfide) groups is 2. The van der Waals surface area contributed by atoms with Crippen LogP contribution in [0.15, 0.2) is 40.5 Å². The number of carboxylic acid groups (broad SMARTS) is 1. The molecule has 0 spiro atoms. The fraction of sp³-hybridized carbons (Fsp3) is 0.200. The van der Waals surface area contributed by atoms with Gasteiger partial charge in [-0.05, 0) is 23.1 Å². The van der Waals surface area contributed by atoms with E-state index in [-0.39, 0.29) is 11.1 Å². The highest BCUT2D eigenvalue weighted by Crippen LogP contribution is 2.43. The van der Waals surface area contributed by atoms with E-state index in [0.29, 0.717) is 17.1 Å². The van der Waals surface area contributed by atoms with E-state index in [1.807, 2.05) is 18.2 Å². The van der Waals surface area contributed by atoms with Gasteiger partial charge in [0.15, 0.2) is 0 Å². The summed E-state index contributed by atoms with van der Waals surface area (Å²) in [6.45, 7) is 0. The van der Waals surface area contributed by atoms with E-state index < -0.39 is 17.9 Å². The first kappa shape index (κ1) is 16.6. The number of rotatable bonds is 6. The van der Waals surface area contributed by atoms with Crippen molar-refractivity contribution in [3.8, 4) is 0 Å². The van der Waals surface area contributed by atoms with Gasteiger partial charge in [-0.2, -0.15) is 0 Å². The lowest BCUT2D eigenvalue weighted by Crippen LogP contribution is -2.69. The van der Waals surface area contributed by atoms with Crippen molar-refractivity contribution in [2.24, 2.45) is 0 Å². The quantitative estimate of drug-likeness (QED) is 0.577. The van der Waals surface area contributed by atoms with Crippen molar-refractivity contribution in [2.45, 2.75) is 11.4 Å². The Balaban J connectivity index is 1.78. The first-order valence-electron chi connectivity index (χ1n) is 6.97. The summed E-state index contributed by atoms with van der Waals surface area (Å²) in [5.41, 5.74) is 0.896. The summed E-state index contributed by atoms with van der Waals surface area (Å²) in [6.07, 6.45) is 5.66. The Kier molecular flexibility index (Phi) is 4.91. The number of pyridine rings is 1. The minimum Gasteiger partial charge on any atom is -0.477 e. The minimum atomic E-state index is -1.14. The van der Waals surface area contributed by atoms with Crippen molar-refractivity contribution in [3.63, 3.8) is 0 Å². The molecule has 0 saturated carbocycles. The number of carbonyl (C=O) groups is 3. The van der Waals surface area contributed by atoms with Crippen molar-refractivity contribution in [1.29, 1.82) is 0 Å². The average molecular weight is 363 g/mol. The topological polar surface area (TPSA) is 99.6 Å². The molecule has 1 fully saturated rings. The SMILES string of the molecule is O=CNC1C(=O)N2C(C(=O)O)=C(SC=Cc3cccnc3)CS[C@@H]12. The Hall–Kier alpha value is -2.26. The number of nitrogens with zero attached hydrogens (tertiary/aromatic N) is 2. The summed E-state index contributed by atoms with van der Waals surface area (Å²) in [5, 5.41) is 13.3. The molecular formula is C15H13N3O4S2. The van der Waals surface area contributed by atoms with Gasteiger partial charge in [0.2, 0.25) is 6.41 Å². The van der Waals surface area contributed by atoms with Crippen LogP contribution in [0.5, 0.6) is 0 Å². The summed E-state index contributed by atoms with van der Waals surface area (Å²) in [4.78, 5) is 40.1. The van der Waals surface area contributed by atoms with Crippen LogP contribution in [0, 0.1) is 0 Å². The van der Waals surface area contributed by atoms with Gasteiger partial charge < -0.3 is 10.4 Å². The number of amides is 2. The molecule has 0 radical (unpaired) electrons. The summed E-state index contributed by atoms with van der Waals surface area (Å²) in [5.74, 6) is -1.07. The van der Waals surface area contributed by atoms with E-state index in [9.17, 15) is 19.5 Å². The zero-order valence-corrected chi connectivity index (χ0v) is 13.9. The van der Waals surface area contributed by atoms with Gasteiger partial charge in [-0.1, -0.05) is 17.8 Å². The second-order valence-corrected chi connectivity index (χ2v) is 7.06. The van der Waals surface area contributed by atoms with Gasteiger partial charge in [0, 0.05) is 23.1 Å². The smallest absolute Gasteiger partial charge is 0.353 e. The van der Waals surface area contributed by atoms with Crippen molar-refractivity contribution < 1.29 is 19.5 Å². The number of carboxylic acids is 1. The van der Waals surface area contributed by atoms with E-state index >= 15 is 0 Å². The van der Waals surface area contributed by atoms with E-state index in [2.05, 4.69) is 10.3 Å². The third kappa shape index (κ3) is 3.04. The van der Waals surface area contributed by atoms with Crippen molar-refractivity contribution in [3.05, 3.63) is 46.1 Å². The first-order chi connectivity index (χ1) is 11.6. The number of hydrogen-bond acceptors (Lipinski definition) is 6. The summed E-state index contributed by atoms with van der Waals surface area (Å²) < 4.78 is 0. The second kappa shape index (κ2) is 7.10. The number of aliphatic carboxylic acids is 1. The fourth-order valence-electron chi connectivity index (χ4n) is 2.44. The molecule has 0 aromatic carbocycles. The van der Waals surface area contributed by atoms with Crippen LogP contribution in [0.3, 0.4) is 0 Å². The third-order valence-corrected chi connectivity index (χ3v) is 5.90. The Morgan fingerprint density at radius 3 is 3.04 bits per heavy atom. The molecule has 2 N–H and O–H groups in total. The number of nitrogens with one attached hydrogen (secondary N) is 1. The molecule has 2 amide bonds. The molecule has 3 rings (SSSR count). The maximum atomic E-state index is 12.1. The minimum absolute atomic E-state index is 0.00599. The monoisotopic (exact) mass is 363 g/mol. The van der Waals surface area contributed by atoms with Crippen LogP contribution in [0.2, 0.25) is 0 Å². The molecule has 2 aliphatic heterocycles. The van der Waals surface area contributed by atoms with Crippen LogP contribution in [0.25, 0.3) is 6.08 Å². The van der Waals surface area contributed by atoms with Crippen LogP contribution in [-0.4, -0.2) is 50.4 Å². The fourth-order valence-corrected chi connectivity index (χ4v) is 4.81. The molecule has 2 aliphatic rings.